The van der Waals surface area contributed by atoms with E-state index in [-0.39, 0.29) is 11.1 Å². The van der Waals surface area contributed by atoms with Crippen molar-refractivity contribution in [1.82, 2.24) is 0 Å². The van der Waals surface area contributed by atoms with E-state index >= 15 is 0 Å². The van der Waals surface area contributed by atoms with Gasteiger partial charge in [-0.25, -0.2) is 9.13 Å². The summed E-state index contributed by atoms with van der Waals surface area (Å²) in [7, 11) is -10.7. The van der Waals surface area contributed by atoms with Gasteiger partial charge in [0.25, 0.3) is 24.3 Å². The molecule has 2 aromatic heterocycles. The zero-order valence-corrected chi connectivity index (χ0v) is 23.7. The predicted molar refractivity (Wildman–Crippen MR) is 135 cm³/mol. The summed E-state index contributed by atoms with van der Waals surface area (Å²) >= 11 is 0. The molecule has 0 aliphatic carbocycles. The highest BCUT2D eigenvalue weighted by molar-refractivity contribution is 7.61. The van der Waals surface area contributed by atoms with Crippen LogP contribution in [0, 0.1) is 0 Å². The molecule has 0 saturated carbocycles. The molecular weight excluding hydrogens is 622 g/mol. The standard InChI is InChI=1S/C22H28N4O15P2/c23-19(31)11-3-1-5-25(7-11)21-17(29)15(27)13(39-21)9-37-42(33,34)41-43(35,36)38-10-14-16(28)18(30)22(40-14)26-6-2-4-12(8-26)20(24)32/h1-8,13-18,21-22,27-30H,9-10H2,(H4-2,23,24,31,32,33,34,35,36)/p+2/t13-,14-,15-,16-,17-,18-,21-,22-/m1/s1. The first kappa shape index (κ1) is 33.2. The average Bonchev–Trinajstić information content (AvgIpc) is 3.40. The van der Waals surface area contributed by atoms with E-state index in [4.69, 9.17) is 20.9 Å². The lowest BCUT2D eigenvalue weighted by Crippen LogP contribution is -2.46. The van der Waals surface area contributed by atoms with Crippen LogP contribution in [0.4, 0.5) is 0 Å². The molecule has 2 saturated heterocycles. The van der Waals surface area contributed by atoms with Crippen molar-refractivity contribution in [3.8, 4) is 0 Å². The molecule has 2 aliphatic rings. The van der Waals surface area contributed by atoms with Crippen LogP contribution in [-0.2, 0) is 32.0 Å². The molecule has 4 heterocycles. The normalized spacial score (nSPS) is 31.8. The van der Waals surface area contributed by atoms with E-state index < -0.39 is 89.8 Å². The number of ether oxygens (including phenoxy) is 2. The maximum absolute atomic E-state index is 12.4. The number of hydrogen-bond acceptors (Lipinski definition) is 13. The van der Waals surface area contributed by atoms with E-state index in [1.54, 1.807) is 0 Å². The van der Waals surface area contributed by atoms with Crippen molar-refractivity contribution in [1.29, 1.82) is 0 Å². The molecule has 19 nitrogen and oxygen atoms in total. The van der Waals surface area contributed by atoms with E-state index in [2.05, 4.69) is 13.4 Å². The molecule has 21 heteroatoms. The minimum Gasteiger partial charge on any atom is -0.387 e. The van der Waals surface area contributed by atoms with Crippen LogP contribution in [0.15, 0.2) is 49.1 Å². The lowest BCUT2D eigenvalue weighted by molar-refractivity contribution is -0.766. The van der Waals surface area contributed by atoms with Crippen LogP contribution in [-0.4, -0.2) is 91.9 Å². The summed E-state index contributed by atoms with van der Waals surface area (Å²) in [6.45, 7) is -1.81. The van der Waals surface area contributed by atoms with Crippen LogP contribution in [0.3, 0.4) is 0 Å². The summed E-state index contributed by atoms with van der Waals surface area (Å²) in [6, 6.07) is 5.65. The number of nitrogens with zero attached hydrogens (tertiary/aromatic N) is 2. The molecule has 43 heavy (non-hydrogen) atoms. The van der Waals surface area contributed by atoms with Gasteiger partial charge in [-0.15, -0.1) is 0 Å². The summed E-state index contributed by atoms with van der Waals surface area (Å²) < 4.78 is 51.7. The fourth-order valence-electron chi connectivity index (χ4n) is 4.33. The van der Waals surface area contributed by atoms with Crippen LogP contribution < -0.4 is 20.6 Å². The molecule has 2 unspecified atom stereocenters. The van der Waals surface area contributed by atoms with Gasteiger partial charge in [0.15, 0.2) is 37.0 Å². The van der Waals surface area contributed by atoms with Gasteiger partial charge in [0.05, 0.1) is 13.2 Å². The Balaban J connectivity index is 1.31. The Kier molecular flexibility index (Phi) is 10.1. The molecular formula is C22H30N4O15P2+2. The van der Waals surface area contributed by atoms with Crippen molar-refractivity contribution < 1.29 is 80.9 Å². The van der Waals surface area contributed by atoms with Crippen LogP contribution in [0.2, 0.25) is 0 Å². The van der Waals surface area contributed by atoms with Gasteiger partial charge in [-0.2, -0.15) is 13.4 Å². The number of amides is 2. The lowest BCUT2D eigenvalue weighted by Gasteiger charge is -2.20. The Bertz CT molecular complexity index is 1340. The Hall–Kier alpha value is -2.74. The smallest absolute Gasteiger partial charge is 0.387 e. The van der Waals surface area contributed by atoms with Crippen molar-refractivity contribution in [3.63, 3.8) is 0 Å². The number of pyridine rings is 2. The zero-order valence-electron chi connectivity index (χ0n) is 22.0. The quantitative estimate of drug-likeness (QED) is 0.0821. The summed E-state index contributed by atoms with van der Waals surface area (Å²) in [5.41, 5.74) is 10.6. The third-order valence-corrected chi connectivity index (χ3v) is 9.09. The van der Waals surface area contributed by atoms with Gasteiger partial charge in [-0.1, -0.05) is 0 Å². The minimum absolute atomic E-state index is 0.0658. The Morgan fingerprint density at radius 3 is 1.47 bits per heavy atom. The first-order chi connectivity index (χ1) is 20.1. The largest absolute Gasteiger partial charge is 0.481 e. The molecule has 0 bridgehead atoms. The van der Waals surface area contributed by atoms with Crippen LogP contribution in [0.5, 0.6) is 0 Å². The third-order valence-electron chi connectivity index (χ3n) is 6.49. The SMILES string of the molecule is NC(=O)c1ccc[n+]([C@@H]2O[C@H](COP(=O)(O)OP(=O)(O)OC[C@H]3O[C@@H]([n+]4cccc(C(N)=O)c4)[C@H](O)[C@@H]3O)[C@@H](O)[C@H]2O)c1. The Morgan fingerprint density at radius 2 is 1.12 bits per heavy atom. The average molecular weight is 652 g/mol. The third kappa shape index (κ3) is 7.86. The first-order valence-electron chi connectivity index (χ1n) is 12.4. The molecule has 10 N–H and O–H groups in total. The Labute approximate surface area is 242 Å². The van der Waals surface area contributed by atoms with Gasteiger partial charge >= 0.3 is 15.6 Å². The van der Waals surface area contributed by atoms with Gasteiger partial charge in [-0.3, -0.25) is 18.6 Å². The van der Waals surface area contributed by atoms with Crippen LogP contribution in [0.1, 0.15) is 33.2 Å². The molecule has 2 fully saturated rings. The zero-order chi connectivity index (χ0) is 31.7. The van der Waals surface area contributed by atoms with Gasteiger partial charge in [0.2, 0.25) is 0 Å². The summed E-state index contributed by atoms with van der Waals surface area (Å²) in [5, 5.41) is 41.3. The highest BCUT2D eigenvalue weighted by atomic mass is 31.3. The molecule has 0 spiro atoms. The van der Waals surface area contributed by atoms with E-state index in [0.29, 0.717) is 0 Å². The monoisotopic (exact) mass is 652 g/mol. The number of carbonyl (C=O) groups is 2. The second kappa shape index (κ2) is 13.1. The number of rotatable bonds is 12. The predicted octanol–water partition coefficient (Wildman–Crippen LogP) is -3.35. The van der Waals surface area contributed by atoms with E-state index in [1.807, 2.05) is 0 Å². The summed E-state index contributed by atoms with van der Waals surface area (Å²) in [4.78, 5) is 42.8. The number of carbonyl (C=O) groups excluding carboxylic acids is 2. The molecule has 236 valence electrons. The maximum Gasteiger partial charge on any atom is 0.481 e. The van der Waals surface area contributed by atoms with Crippen molar-refractivity contribution >= 4 is 27.5 Å². The van der Waals surface area contributed by atoms with Gasteiger partial charge in [0.1, 0.15) is 35.5 Å². The molecule has 2 aromatic rings. The van der Waals surface area contributed by atoms with Gasteiger partial charge in [-0.05, 0) is 12.1 Å². The van der Waals surface area contributed by atoms with E-state index in [9.17, 15) is 48.9 Å². The van der Waals surface area contributed by atoms with Crippen LogP contribution in [0.25, 0.3) is 0 Å². The number of aliphatic hydroxyl groups is 4. The highest BCUT2D eigenvalue weighted by Crippen LogP contribution is 2.60. The number of primary amides is 2. The van der Waals surface area contributed by atoms with Gasteiger partial charge in [0, 0.05) is 12.1 Å². The molecule has 4 rings (SSSR count). The number of phosphoric ester groups is 2. The molecule has 10 atom stereocenters. The van der Waals surface area contributed by atoms with Crippen molar-refractivity contribution in [3.05, 3.63) is 60.2 Å². The number of hydrogen-bond donors (Lipinski definition) is 8. The van der Waals surface area contributed by atoms with Crippen molar-refractivity contribution in [2.75, 3.05) is 13.2 Å². The molecule has 2 amide bonds. The number of aliphatic hydroxyl groups excluding tert-OH is 4. The number of aromatic nitrogens is 2. The summed E-state index contributed by atoms with van der Waals surface area (Å²) in [6.07, 6.45) is -6.57. The fourth-order valence-corrected chi connectivity index (χ4v) is 6.42. The highest BCUT2D eigenvalue weighted by Gasteiger charge is 2.51. The van der Waals surface area contributed by atoms with Crippen LogP contribution >= 0.6 is 15.6 Å². The van der Waals surface area contributed by atoms with Crippen molar-refractivity contribution in [2.45, 2.75) is 49.1 Å². The second-order valence-corrected chi connectivity index (χ2v) is 12.6. The number of phosphoric acid groups is 2. The number of nitrogens with two attached hydrogens (primary N) is 2. The van der Waals surface area contributed by atoms with Gasteiger partial charge < -0.3 is 51.2 Å². The van der Waals surface area contributed by atoms with E-state index in [1.165, 1.54) is 58.2 Å². The maximum atomic E-state index is 12.4. The van der Waals surface area contributed by atoms with E-state index in [0.717, 1.165) is 0 Å². The topological polar surface area (TPSA) is 296 Å². The van der Waals surface area contributed by atoms with Crippen molar-refractivity contribution in [2.24, 2.45) is 11.5 Å². The molecule has 2 aliphatic heterocycles. The second-order valence-electron chi connectivity index (χ2n) is 9.51. The molecule has 0 radical (unpaired) electrons. The Morgan fingerprint density at radius 1 is 0.744 bits per heavy atom. The fraction of sp³-hybridized carbons (Fsp3) is 0.455. The lowest BCUT2D eigenvalue weighted by atomic mass is 10.1. The summed E-state index contributed by atoms with van der Waals surface area (Å²) in [5.74, 6) is -1.54. The molecule has 0 aromatic carbocycles. The first-order valence-corrected chi connectivity index (χ1v) is 15.4. The minimum atomic E-state index is -5.37.